The fourth-order valence-electron chi connectivity index (χ4n) is 8.77. The summed E-state index contributed by atoms with van der Waals surface area (Å²) in [7, 11) is 1.83. The molecular formula is C60H46Au2N2P2+2. The second kappa shape index (κ2) is 22.5. The van der Waals surface area contributed by atoms with Gasteiger partial charge in [0.2, 0.25) is 0 Å². The Bertz CT molecular complexity index is 3130. The van der Waals surface area contributed by atoms with Gasteiger partial charge in [-0.2, -0.15) is 0 Å². The molecule has 0 bridgehead atoms. The number of benzene rings is 9. The number of fused-ring (bicyclic) bond motifs is 6. The molecule has 0 aliphatic heterocycles. The fraction of sp³-hybridized carbons (Fsp3) is 0.0333. The molecule has 0 spiro atoms. The first-order valence-electron chi connectivity index (χ1n) is 21.4. The van der Waals surface area contributed by atoms with Crippen molar-refractivity contribution in [2.45, 2.75) is 0 Å². The predicted molar refractivity (Wildman–Crippen MR) is 280 cm³/mol. The van der Waals surface area contributed by atoms with E-state index < -0.39 is 15.8 Å². The van der Waals surface area contributed by atoms with Gasteiger partial charge in [-0.15, -0.1) is 35.4 Å². The van der Waals surface area contributed by atoms with Gasteiger partial charge in [-0.3, -0.25) is 11.8 Å². The number of rotatable bonds is 6. The molecule has 0 aliphatic carbocycles. The SMILES string of the molecule is [Au+].[Au+].[C-]#Cc1ccc2c3ccccc3n(C)c2c1.[C-]#Cc1ccc2c3ccccc3n(C)c2c1.c1ccc([PH+](c2ccccc2)c2ccccc2[PH+](c2ccccc2)c2ccccc2)cc1. The van der Waals surface area contributed by atoms with E-state index in [4.69, 9.17) is 12.8 Å². The first-order valence-corrected chi connectivity index (χ1v) is 24.4. The fourth-order valence-corrected chi connectivity index (χ4v) is 14.8. The molecule has 2 nitrogen and oxygen atoms in total. The van der Waals surface area contributed by atoms with Crippen molar-refractivity contribution in [3.05, 3.63) is 254 Å². The number of nitrogens with zero attached hydrogens (tertiary/aromatic N) is 2. The molecule has 0 aliphatic rings. The van der Waals surface area contributed by atoms with Crippen LogP contribution in [0.2, 0.25) is 0 Å². The van der Waals surface area contributed by atoms with Crippen LogP contribution in [-0.2, 0) is 58.9 Å². The van der Waals surface area contributed by atoms with Crippen molar-refractivity contribution in [2.24, 2.45) is 14.1 Å². The molecule has 2 heterocycles. The number of aryl methyl sites for hydroxylation is 2. The minimum atomic E-state index is -1.14. The van der Waals surface area contributed by atoms with Gasteiger partial charge in [0, 0.05) is 57.7 Å². The molecule has 9 aromatic carbocycles. The molecule has 0 fully saturated rings. The smallest absolute Gasteiger partial charge is 0.366 e. The van der Waals surface area contributed by atoms with Gasteiger partial charge >= 0.3 is 44.8 Å². The molecule has 11 rings (SSSR count). The summed E-state index contributed by atoms with van der Waals surface area (Å²) in [4.78, 5) is 0. The number of aromatic nitrogens is 2. The van der Waals surface area contributed by atoms with Gasteiger partial charge in [-0.1, -0.05) is 133 Å². The van der Waals surface area contributed by atoms with Crippen molar-refractivity contribution in [1.29, 1.82) is 0 Å². The van der Waals surface area contributed by atoms with E-state index in [1.807, 2.05) is 36.4 Å². The molecule has 11 aromatic rings. The normalized spacial score (nSPS) is 10.6. The molecule has 0 saturated heterocycles. The molecule has 0 radical (unpaired) electrons. The number of hydrogen-bond donors (Lipinski definition) is 0. The molecule has 0 amide bonds. The summed E-state index contributed by atoms with van der Waals surface area (Å²) in [6.45, 7) is 0. The zero-order valence-corrected chi connectivity index (χ0v) is 42.8. The van der Waals surface area contributed by atoms with Crippen molar-refractivity contribution in [1.82, 2.24) is 9.13 Å². The number of hydrogen-bond acceptors (Lipinski definition) is 0. The third-order valence-corrected chi connectivity index (χ3v) is 17.7. The second-order valence-electron chi connectivity index (χ2n) is 15.6. The molecular weight excluding hydrogens is 1200 g/mol. The van der Waals surface area contributed by atoms with Gasteiger partial charge in [-0.05, 0) is 72.8 Å². The molecule has 0 unspecified atom stereocenters. The van der Waals surface area contributed by atoms with E-state index in [0.717, 1.165) is 22.2 Å². The van der Waals surface area contributed by atoms with Gasteiger partial charge in [0.15, 0.2) is 0 Å². The average Bonchev–Trinajstić information content (AvgIpc) is 3.82. The standard InChI is InChI=1S/C30H24P2.2C15H10N.2Au/c1-5-15-25(16-6-1)31(26-17-7-2-8-18-26)29-23-13-14-24-30(29)32(27-19-9-3-10-20-27)28-21-11-4-12-22-28;2*1-3-11-8-9-13-12-6-4-5-7-14(12)16(2)15(13)10-11;;/h1-24H;2*4-10H,2H3;;/q;2*-1;2*+1/p+2. The van der Waals surface area contributed by atoms with Crippen LogP contribution in [0.25, 0.3) is 43.6 Å². The Morgan fingerprint density at radius 1 is 0.318 bits per heavy atom. The molecule has 0 atom stereocenters. The first kappa shape index (κ1) is 48.0. The van der Waals surface area contributed by atoms with Crippen LogP contribution in [0.3, 0.4) is 0 Å². The second-order valence-corrected chi connectivity index (χ2v) is 20.5. The van der Waals surface area contributed by atoms with E-state index in [0.29, 0.717) is 0 Å². The summed E-state index contributed by atoms with van der Waals surface area (Å²) in [5.41, 5.74) is 6.38. The summed E-state index contributed by atoms with van der Waals surface area (Å²) in [6.07, 6.45) is 14.3. The maximum atomic E-state index is 7.16. The van der Waals surface area contributed by atoms with Crippen molar-refractivity contribution in [3.63, 3.8) is 0 Å². The zero-order valence-electron chi connectivity index (χ0n) is 36.4. The van der Waals surface area contributed by atoms with Crippen LogP contribution >= 0.6 is 15.8 Å². The summed E-state index contributed by atoms with van der Waals surface area (Å²) in [5.74, 6) is 4.85. The van der Waals surface area contributed by atoms with Gasteiger partial charge in [0.1, 0.15) is 47.7 Å². The topological polar surface area (TPSA) is 9.86 Å². The molecule has 66 heavy (non-hydrogen) atoms. The van der Waals surface area contributed by atoms with E-state index in [-0.39, 0.29) is 44.8 Å². The molecule has 6 heteroatoms. The van der Waals surface area contributed by atoms with Crippen LogP contribution in [0.15, 0.2) is 231 Å². The van der Waals surface area contributed by atoms with Crippen LogP contribution in [-0.4, -0.2) is 9.13 Å². The predicted octanol–water partition coefficient (Wildman–Crippen LogP) is 11.2. The van der Waals surface area contributed by atoms with Gasteiger partial charge in [0.05, 0.1) is 0 Å². The van der Waals surface area contributed by atoms with E-state index >= 15 is 0 Å². The molecule has 2 aromatic heterocycles. The van der Waals surface area contributed by atoms with Crippen molar-refractivity contribution in [2.75, 3.05) is 0 Å². The maximum absolute atomic E-state index is 7.16. The first-order chi connectivity index (χ1) is 31.5. The van der Waals surface area contributed by atoms with Gasteiger partial charge in [-0.25, -0.2) is 0 Å². The van der Waals surface area contributed by atoms with Crippen molar-refractivity contribution in [3.8, 4) is 11.8 Å². The third-order valence-electron chi connectivity index (χ3n) is 11.8. The van der Waals surface area contributed by atoms with Crippen LogP contribution in [0.4, 0.5) is 0 Å². The molecule has 326 valence electrons. The van der Waals surface area contributed by atoms with Crippen molar-refractivity contribution >= 4 is 91.3 Å². The Kier molecular flexibility index (Phi) is 16.4. The Morgan fingerprint density at radius 2 is 0.591 bits per heavy atom. The third kappa shape index (κ3) is 10.1. The van der Waals surface area contributed by atoms with Gasteiger partial charge in [0.25, 0.3) is 0 Å². The van der Waals surface area contributed by atoms with Crippen LogP contribution < -0.4 is 31.8 Å². The summed E-state index contributed by atoms with van der Waals surface area (Å²) in [6, 6.07) is 82.1. The van der Waals surface area contributed by atoms with Crippen molar-refractivity contribution < 1.29 is 44.8 Å². The largest absolute Gasteiger partial charge is 1.00 e. The maximum Gasteiger partial charge on any atom is 1.00 e. The quantitative estimate of drug-likeness (QED) is 0.0680. The Hall–Kier alpha value is -5.96. The van der Waals surface area contributed by atoms with Crippen LogP contribution in [0.5, 0.6) is 0 Å². The Morgan fingerprint density at radius 3 is 0.909 bits per heavy atom. The minimum absolute atomic E-state index is 0. The zero-order chi connectivity index (χ0) is 43.8. The van der Waals surface area contributed by atoms with E-state index in [1.54, 1.807) is 0 Å². The van der Waals surface area contributed by atoms with E-state index in [2.05, 4.69) is 229 Å². The summed E-state index contributed by atoms with van der Waals surface area (Å²) >= 11 is 0. The molecule has 0 N–H and O–H groups in total. The van der Waals surface area contributed by atoms with Crippen LogP contribution in [0.1, 0.15) is 11.1 Å². The monoisotopic (exact) mass is 1250 g/mol. The Balaban J connectivity index is 0.000000160. The Labute approximate surface area is 422 Å². The number of para-hydroxylation sites is 2. The van der Waals surface area contributed by atoms with E-state index in [9.17, 15) is 0 Å². The van der Waals surface area contributed by atoms with Crippen LogP contribution in [0, 0.1) is 24.7 Å². The minimum Gasteiger partial charge on any atom is -0.366 e. The summed E-state index contributed by atoms with van der Waals surface area (Å²) in [5, 5.41) is 13.7. The van der Waals surface area contributed by atoms with E-state index in [1.165, 1.54) is 64.4 Å². The average molecular weight is 1250 g/mol. The summed E-state index contributed by atoms with van der Waals surface area (Å²) < 4.78 is 4.32. The molecule has 0 saturated carbocycles. The van der Waals surface area contributed by atoms with Gasteiger partial charge < -0.3 is 22.0 Å².